The summed E-state index contributed by atoms with van der Waals surface area (Å²) >= 11 is 0. The van der Waals surface area contributed by atoms with Crippen molar-refractivity contribution < 1.29 is 14.7 Å². The number of hydrogen-bond acceptors (Lipinski definition) is 3. The third-order valence-corrected chi connectivity index (χ3v) is 4.72. The van der Waals surface area contributed by atoms with Crippen LogP contribution in [0.25, 0.3) is 10.8 Å². The van der Waals surface area contributed by atoms with Gasteiger partial charge in [-0.2, -0.15) is 0 Å². The molecule has 4 heteroatoms. The molecule has 1 N–H and O–H groups in total. The SMILES string of the molecule is O=C1C=CN(c2ccc3ccccc3c2)C(c2ccc(C(=O)O)cc2)C1. The van der Waals surface area contributed by atoms with Gasteiger partial charge in [0.25, 0.3) is 0 Å². The molecule has 0 radical (unpaired) electrons. The van der Waals surface area contributed by atoms with Gasteiger partial charge in [-0.1, -0.05) is 42.5 Å². The van der Waals surface area contributed by atoms with E-state index in [9.17, 15) is 9.59 Å². The van der Waals surface area contributed by atoms with Crippen molar-refractivity contribution in [3.63, 3.8) is 0 Å². The minimum absolute atomic E-state index is 0.0642. The monoisotopic (exact) mass is 343 g/mol. The largest absolute Gasteiger partial charge is 0.478 e. The van der Waals surface area contributed by atoms with E-state index in [-0.39, 0.29) is 17.4 Å². The van der Waals surface area contributed by atoms with Crippen LogP contribution in [0.2, 0.25) is 0 Å². The summed E-state index contributed by atoms with van der Waals surface area (Å²) in [6.45, 7) is 0. The molecule has 0 saturated heterocycles. The highest BCUT2D eigenvalue weighted by molar-refractivity contribution is 5.93. The van der Waals surface area contributed by atoms with Crippen molar-refractivity contribution in [1.82, 2.24) is 0 Å². The fourth-order valence-corrected chi connectivity index (χ4v) is 3.35. The molecule has 0 amide bonds. The van der Waals surface area contributed by atoms with Crippen LogP contribution in [0.1, 0.15) is 28.4 Å². The molecule has 128 valence electrons. The van der Waals surface area contributed by atoms with E-state index < -0.39 is 5.97 Å². The second kappa shape index (κ2) is 6.48. The van der Waals surface area contributed by atoms with Crippen molar-refractivity contribution in [2.45, 2.75) is 12.5 Å². The molecule has 3 aromatic carbocycles. The molecule has 1 heterocycles. The third-order valence-electron chi connectivity index (χ3n) is 4.72. The molecule has 0 bridgehead atoms. The van der Waals surface area contributed by atoms with Crippen LogP contribution < -0.4 is 4.90 Å². The summed E-state index contributed by atoms with van der Waals surface area (Å²) in [4.78, 5) is 25.2. The number of aromatic carboxylic acids is 1. The predicted octanol–water partition coefficient (Wildman–Crippen LogP) is 4.57. The van der Waals surface area contributed by atoms with E-state index in [1.165, 1.54) is 0 Å². The molecule has 0 spiro atoms. The minimum Gasteiger partial charge on any atom is -0.478 e. The van der Waals surface area contributed by atoms with Gasteiger partial charge in [-0.15, -0.1) is 0 Å². The van der Waals surface area contributed by atoms with Crippen LogP contribution in [0.4, 0.5) is 5.69 Å². The Hall–Kier alpha value is -3.40. The molecule has 0 aliphatic carbocycles. The zero-order chi connectivity index (χ0) is 18.1. The van der Waals surface area contributed by atoms with E-state index in [1.54, 1.807) is 30.3 Å². The van der Waals surface area contributed by atoms with Crippen LogP contribution in [0.3, 0.4) is 0 Å². The maximum absolute atomic E-state index is 12.0. The summed E-state index contributed by atoms with van der Waals surface area (Å²) in [5.41, 5.74) is 2.16. The molecule has 0 fully saturated rings. The van der Waals surface area contributed by atoms with E-state index in [0.29, 0.717) is 6.42 Å². The van der Waals surface area contributed by atoms with Crippen molar-refractivity contribution >= 4 is 28.2 Å². The topological polar surface area (TPSA) is 57.6 Å². The molecule has 1 atom stereocenters. The second-order valence-corrected chi connectivity index (χ2v) is 6.37. The minimum atomic E-state index is -0.956. The van der Waals surface area contributed by atoms with Crippen LogP contribution in [-0.4, -0.2) is 16.9 Å². The van der Waals surface area contributed by atoms with Crippen molar-refractivity contribution in [1.29, 1.82) is 0 Å². The zero-order valence-electron chi connectivity index (χ0n) is 14.0. The fourth-order valence-electron chi connectivity index (χ4n) is 3.35. The molecule has 1 aliphatic heterocycles. The van der Waals surface area contributed by atoms with Gasteiger partial charge in [0.2, 0.25) is 0 Å². The Morgan fingerprint density at radius 1 is 0.962 bits per heavy atom. The number of nitrogens with zero attached hydrogens (tertiary/aromatic N) is 1. The summed E-state index contributed by atoms with van der Waals surface area (Å²) in [5, 5.41) is 11.4. The number of allylic oxidation sites excluding steroid dienone is 1. The number of carboxylic acids is 1. The third kappa shape index (κ3) is 2.97. The average molecular weight is 343 g/mol. The van der Waals surface area contributed by atoms with Gasteiger partial charge in [0.05, 0.1) is 11.6 Å². The quantitative estimate of drug-likeness (QED) is 0.757. The van der Waals surface area contributed by atoms with Gasteiger partial charge in [0, 0.05) is 18.3 Å². The zero-order valence-corrected chi connectivity index (χ0v) is 14.0. The number of carbonyl (C=O) groups excluding carboxylic acids is 1. The first kappa shape index (κ1) is 16.1. The second-order valence-electron chi connectivity index (χ2n) is 6.37. The number of ketones is 1. The van der Waals surface area contributed by atoms with Crippen LogP contribution in [0.15, 0.2) is 79.0 Å². The van der Waals surface area contributed by atoms with Crippen molar-refractivity contribution in [2.75, 3.05) is 4.90 Å². The number of carbonyl (C=O) groups is 2. The normalized spacial score (nSPS) is 16.8. The summed E-state index contributed by atoms with van der Waals surface area (Å²) < 4.78 is 0. The van der Waals surface area contributed by atoms with Crippen LogP contribution in [0, 0.1) is 0 Å². The van der Waals surface area contributed by atoms with Gasteiger partial charge in [0.15, 0.2) is 5.78 Å². The molecule has 26 heavy (non-hydrogen) atoms. The van der Waals surface area contributed by atoms with Crippen LogP contribution >= 0.6 is 0 Å². The molecule has 0 saturated carbocycles. The summed E-state index contributed by atoms with van der Waals surface area (Å²) in [6, 6.07) is 20.9. The average Bonchev–Trinajstić information content (AvgIpc) is 2.67. The lowest BCUT2D eigenvalue weighted by molar-refractivity contribution is -0.115. The smallest absolute Gasteiger partial charge is 0.335 e. The highest BCUT2D eigenvalue weighted by atomic mass is 16.4. The van der Waals surface area contributed by atoms with Gasteiger partial charge in [-0.25, -0.2) is 4.79 Å². The summed E-state index contributed by atoms with van der Waals surface area (Å²) in [6.07, 6.45) is 3.76. The van der Waals surface area contributed by atoms with Gasteiger partial charge in [-0.3, -0.25) is 4.79 Å². The number of hydrogen-bond donors (Lipinski definition) is 1. The Balaban J connectivity index is 1.74. The predicted molar refractivity (Wildman–Crippen MR) is 101 cm³/mol. The maximum Gasteiger partial charge on any atom is 0.335 e. The van der Waals surface area contributed by atoms with Gasteiger partial charge >= 0.3 is 5.97 Å². The first-order chi connectivity index (χ1) is 12.6. The number of benzene rings is 3. The lowest BCUT2D eigenvalue weighted by atomic mass is 9.95. The molecule has 4 rings (SSSR count). The lowest BCUT2D eigenvalue weighted by Crippen LogP contribution is -2.29. The lowest BCUT2D eigenvalue weighted by Gasteiger charge is -2.33. The summed E-state index contributed by atoms with van der Waals surface area (Å²) in [5.74, 6) is -0.892. The molecular weight excluding hydrogens is 326 g/mol. The van der Waals surface area contributed by atoms with Gasteiger partial charge in [-0.05, 0) is 46.7 Å². The number of anilines is 1. The first-order valence-electron chi connectivity index (χ1n) is 8.43. The Bertz CT molecular complexity index is 1020. The Labute approximate surface area is 151 Å². The Morgan fingerprint density at radius 2 is 1.69 bits per heavy atom. The maximum atomic E-state index is 12.0. The molecule has 3 aromatic rings. The first-order valence-corrected chi connectivity index (χ1v) is 8.43. The van der Waals surface area contributed by atoms with Crippen molar-refractivity contribution in [3.8, 4) is 0 Å². The van der Waals surface area contributed by atoms with E-state index in [4.69, 9.17) is 5.11 Å². The van der Waals surface area contributed by atoms with Crippen molar-refractivity contribution in [2.24, 2.45) is 0 Å². The molecule has 0 aromatic heterocycles. The molecule has 1 aliphatic rings. The van der Waals surface area contributed by atoms with E-state index in [1.807, 2.05) is 24.4 Å². The van der Waals surface area contributed by atoms with Crippen LogP contribution in [-0.2, 0) is 4.79 Å². The molecule has 4 nitrogen and oxygen atoms in total. The number of carboxylic acid groups (broad SMARTS) is 1. The molecule has 1 unspecified atom stereocenters. The van der Waals surface area contributed by atoms with Crippen molar-refractivity contribution in [3.05, 3.63) is 90.1 Å². The summed E-state index contributed by atoms with van der Waals surface area (Å²) in [7, 11) is 0. The number of fused-ring (bicyclic) bond motifs is 1. The van der Waals surface area contributed by atoms with Crippen LogP contribution in [0.5, 0.6) is 0 Å². The van der Waals surface area contributed by atoms with E-state index in [2.05, 4.69) is 29.2 Å². The standard InChI is InChI=1S/C22H17NO3/c24-20-11-12-23(19-10-9-15-3-1-2-4-18(15)13-19)21(14-20)16-5-7-17(8-6-16)22(25)26/h1-13,21H,14H2,(H,25,26). The van der Waals surface area contributed by atoms with Gasteiger partial charge < -0.3 is 10.0 Å². The van der Waals surface area contributed by atoms with E-state index in [0.717, 1.165) is 22.0 Å². The number of rotatable bonds is 3. The molecular formula is C22H17NO3. The Morgan fingerprint density at radius 3 is 2.42 bits per heavy atom. The highest BCUT2D eigenvalue weighted by Crippen LogP contribution is 2.34. The van der Waals surface area contributed by atoms with Gasteiger partial charge in [0.1, 0.15) is 0 Å². The Kier molecular flexibility index (Phi) is 4.01. The van der Waals surface area contributed by atoms with E-state index >= 15 is 0 Å². The fraction of sp³-hybridized carbons (Fsp3) is 0.0909. The highest BCUT2D eigenvalue weighted by Gasteiger charge is 2.25.